The summed E-state index contributed by atoms with van der Waals surface area (Å²) in [5.74, 6) is 0.357. The quantitative estimate of drug-likeness (QED) is 0.843. The maximum Gasteiger partial charge on any atom is 0.223 e. The predicted octanol–water partition coefficient (Wildman–Crippen LogP) is 3.84. The van der Waals surface area contributed by atoms with Gasteiger partial charge in [-0.15, -0.1) is 0 Å². The highest BCUT2D eigenvalue weighted by Gasteiger charge is 2.27. The first-order valence-corrected chi connectivity index (χ1v) is 9.23. The first-order chi connectivity index (χ1) is 11.1. The summed E-state index contributed by atoms with van der Waals surface area (Å²) in [6.45, 7) is 8.34. The number of benzene rings is 1. The number of hydrogen-bond donors (Lipinski definition) is 0. The Labute approximate surface area is 140 Å². The van der Waals surface area contributed by atoms with Crippen LogP contribution in [0.5, 0.6) is 0 Å². The van der Waals surface area contributed by atoms with E-state index in [0.717, 1.165) is 26.2 Å². The molecule has 2 aliphatic rings. The molecule has 1 atom stereocenters. The van der Waals surface area contributed by atoms with E-state index >= 15 is 0 Å². The molecule has 0 radical (unpaired) electrons. The Morgan fingerprint density at radius 1 is 1.00 bits per heavy atom. The third kappa shape index (κ3) is 4.14. The summed E-state index contributed by atoms with van der Waals surface area (Å²) in [7, 11) is 0. The number of likely N-dealkylation sites (tertiary alicyclic amines) is 2. The van der Waals surface area contributed by atoms with Crippen molar-refractivity contribution in [3.05, 3.63) is 34.9 Å². The highest BCUT2D eigenvalue weighted by atomic mass is 16.2. The standard InChI is InChI=1S/C20H30N2O/c1-16-13-17(2)15-18(14-16)19-7-6-11-21(19)12-8-20(23)22-9-4-3-5-10-22/h13-15,19H,3-12H2,1-2H3. The van der Waals surface area contributed by atoms with Gasteiger partial charge in [-0.1, -0.05) is 29.3 Å². The molecule has 0 aromatic heterocycles. The molecule has 2 saturated heterocycles. The summed E-state index contributed by atoms with van der Waals surface area (Å²) in [4.78, 5) is 17.0. The summed E-state index contributed by atoms with van der Waals surface area (Å²) in [5, 5.41) is 0. The van der Waals surface area contributed by atoms with E-state index in [1.807, 2.05) is 0 Å². The van der Waals surface area contributed by atoms with Gasteiger partial charge in [-0.05, 0) is 58.1 Å². The van der Waals surface area contributed by atoms with E-state index in [9.17, 15) is 4.79 Å². The molecule has 0 saturated carbocycles. The number of rotatable bonds is 4. The second-order valence-electron chi connectivity index (χ2n) is 7.31. The van der Waals surface area contributed by atoms with E-state index in [-0.39, 0.29) is 0 Å². The van der Waals surface area contributed by atoms with E-state index in [4.69, 9.17) is 0 Å². The monoisotopic (exact) mass is 314 g/mol. The van der Waals surface area contributed by atoms with E-state index < -0.39 is 0 Å². The molecule has 1 amide bonds. The second-order valence-corrected chi connectivity index (χ2v) is 7.31. The van der Waals surface area contributed by atoms with Crippen molar-refractivity contribution in [2.45, 2.75) is 58.4 Å². The highest BCUT2D eigenvalue weighted by Crippen LogP contribution is 2.33. The van der Waals surface area contributed by atoms with Crippen molar-refractivity contribution in [2.24, 2.45) is 0 Å². The van der Waals surface area contributed by atoms with Crippen molar-refractivity contribution in [2.75, 3.05) is 26.2 Å². The largest absolute Gasteiger partial charge is 0.343 e. The van der Waals surface area contributed by atoms with Crippen LogP contribution in [0.1, 0.15) is 61.3 Å². The van der Waals surface area contributed by atoms with E-state index in [1.54, 1.807) is 0 Å². The molecule has 0 N–H and O–H groups in total. The Balaban J connectivity index is 1.59. The molecule has 0 bridgehead atoms. The molecule has 3 rings (SSSR count). The van der Waals surface area contributed by atoms with Gasteiger partial charge in [-0.2, -0.15) is 0 Å². The number of hydrogen-bond acceptors (Lipinski definition) is 2. The van der Waals surface area contributed by atoms with Crippen molar-refractivity contribution >= 4 is 5.91 Å². The van der Waals surface area contributed by atoms with Crippen LogP contribution in [0.3, 0.4) is 0 Å². The number of carbonyl (C=O) groups is 1. The van der Waals surface area contributed by atoms with Crippen LogP contribution < -0.4 is 0 Å². The molecule has 2 fully saturated rings. The normalized spacial score (nSPS) is 22.5. The van der Waals surface area contributed by atoms with Gasteiger partial charge in [0.1, 0.15) is 0 Å². The molecule has 0 spiro atoms. The Kier molecular flexibility index (Phi) is 5.37. The van der Waals surface area contributed by atoms with E-state index in [1.165, 1.54) is 48.8 Å². The van der Waals surface area contributed by atoms with Crippen molar-refractivity contribution in [3.63, 3.8) is 0 Å². The maximum atomic E-state index is 12.4. The fourth-order valence-electron chi connectivity index (χ4n) is 4.21. The smallest absolute Gasteiger partial charge is 0.223 e. The second kappa shape index (κ2) is 7.48. The minimum atomic E-state index is 0.357. The third-order valence-corrected chi connectivity index (χ3v) is 5.31. The number of carbonyl (C=O) groups excluding carboxylic acids is 1. The van der Waals surface area contributed by atoms with Crippen LogP contribution in [0, 0.1) is 13.8 Å². The van der Waals surface area contributed by atoms with Gasteiger partial charge in [0.15, 0.2) is 0 Å². The first-order valence-electron chi connectivity index (χ1n) is 9.23. The van der Waals surface area contributed by atoms with Crippen molar-refractivity contribution < 1.29 is 4.79 Å². The average Bonchev–Trinajstić information content (AvgIpc) is 3.01. The Morgan fingerprint density at radius 3 is 2.39 bits per heavy atom. The van der Waals surface area contributed by atoms with Crippen molar-refractivity contribution in [3.8, 4) is 0 Å². The minimum absolute atomic E-state index is 0.357. The molecule has 0 aliphatic carbocycles. The minimum Gasteiger partial charge on any atom is -0.343 e. The number of piperidine rings is 1. The molecular formula is C20H30N2O. The average molecular weight is 314 g/mol. The molecule has 23 heavy (non-hydrogen) atoms. The van der Waals surface area contributed by atoms with Gasteiger partial charge >= 0.3 is 0 Å². The van der Waals surface area contributed by atoms with Gasteiger partial charge in [-0.25, -0.2) is 0 Å². The SMILES string of the molecule is Cc1cc(C)cc(C2CCCN2CCC(=O)N2CCCCC2)c1. The molecule has 2 heterocycles. The summed E-state index contributed by atoms with van der Waals surface area (Å²) in [6, 6.07) is 7.39. The zero-order valence-electron chi connectivity index (χ0n) is 14.7. The zero-order chi connectivity index (χ0) is 16.2. The maximum absolute atomic E-state index is 12.4. The van der Waals surface area contributed by atoms with Crippen LogP contribution in [-0.4, -0.2) is 41.9 Å². The third-order valence-electron chi connectivity index (χ3n) is 5.31. The molecule has 2 aliphatic heterocycles. The van der Waals surface area contributed by atoms with Gasteiger partial charge in [-0.3, -0.25) is 9.69 Å². The fourth-order valence-corrected chi connectivity index (χ4v) is 4.21. The molecular weight excluding hydrogens is 284 g/mol. The van der Waals surface area contributed by atoms with Crippen LogP contribution >= 0.6 is 0 Å². The van der Waals surface area contributed by atoms with Crippen LogP contribution in [0.15, 0.2) is 18.2 Å². The van der Waals surface area contributed by atoms with Crippen molar-refractivity contribution in [1.82, 2.24) is 9.80 Å². The lowest BCUT2D eigenvalue weighted by atomic mass is 9.99. The van der Waals surface area contributed by atoms with Crippen molar-refractivity contribution in [1.29, 1.82) is 0 Å². The van der Waals surface area contributed by atoms with Gasteiger partial charge in [0.2, 0.25) is 5.91 Å². The summed E-state index contributed by atoms with van der Waals surface area (Å²) >= 11 is 0. The molecule has 3 nitrogen and oxygen atoms in total. The molecule has 126 valence electrons. The Morgan fingerprint density at radius 2 is 1.70 bits per heavy atom. The Hall–Kier alpha value is -1.35. The molecule has 1 aromatic rings. The molecule has 3 heteroatoms. The van der Waals surface area contributed by atoms with E-state index in [0.29, 0.717) is 18.4 Å². The summed E-state index contributed by atoms with van der Waals surface area (Å²) < 4.78 is 0. The molecule has 1 aromatic carbocycles. The van der Waals surface area contributed by atoms with Crippen LogP contribution in [0.2, 0.25) is 0 Å². The van der Waals surface area contributed by atoms with Crippen LogP contribution in [-0.2, 0) is 4.79 Å². The number of aryl methyl sites for hydroxylation is 2. The summed E-state index contributed by atoms with van der Waals surface area (Å²) in [5.41, 5.74) is 4.12. The van der Waals surface area contributed by atoms with Crippen LogP contribution in [0.25, 0.3) is 0 Å². The molecule has 1 unspecified atom stereocenters. The zero-order valence-corrected chi connectivity index (χ0v) is 14.7. The van der Waals surface area contributed by atoms with Gasteiger partial charge in [0.05, 0.1) is 0 Å². The highest BCUT2D eigenvalue weighted by molar-refractivity contribution is 5.76. The first kappa shape index (κ1) is 16.5. The van der Waals surface area contributed by atoms with Gasteiger partial charge < -0.3 is 4.90 Å². The van der Waals surface area contributed by atoms with Gasteiger partial charge in [0, 0.05) is 32.1 Å². The van der Waals surface area contributed by atoms with E-state index in [2.05, 4.69) is 41.8 Å². The lowest BCUT2D eigenvalue weighted by molar-refractivity contribution is -0.132. The predicted molar refractivity (Wildman–Crippen MR) is 94.5 cm³/mol. The van der Waals surface area contributed by atoms with Crippen LogP contribution in [0.4, 0.5) is 0 Å². The van der Waals surface area contributed by atoms with Gasteiger partial charge in [0.25, 0.3) is 0 Å². The fraction of sp³-hybridized carbons (Fsp3) is 0.650. The Bertz CT molecular complexity index is 528. The summed E-state index contributed by atoms with van der Waals surface area (Å²) in [6.07, 6.45) is 6.80. The number of amides is 1. The number of nitrogens with zero attached hydrogens (tertiary/aromatic N) is 2. The lowest BCUT2D eigenvalue weighted by Crippen LogP contribution is -2.37. The lowest BCUT2D eigenvalue weighted by Gasteiger charge is -2.29. The topological polar surface area (TPSA) is 23.6 Å².